The maximum atomic E-state index is 14.1. The van der Waals surface area contributed by atoms with Crippen LogP contribution in [0.1, 0.15) is 6.92 Å². The highest BCUT2D eigenvalue weighted by atomic mass is 32.2. The van der Waals surface area contributed by atoms with Gasteiger partial charge in [-0.3, -0.25) is 4.79 Å². The smallest absolute Gasteiger partial charge is 0.237 e. The summed E-state index contributed by atoms with van der Waals surface area (Å²) in [6.07, 6.45) is 0. The molecule has 0 spiro atoms. The van der Waals surface area contributed by atoms with Crippen LogP contribution in [-0.2, 0) is 11.8 Å². The van der Waals surface area contributed by atoms with E-state index < -0.39 is 5.25 Å². The molecule has 7 heteroatoms. The van der Waals surface area contributed by atoms with Gasteiger partial charge in [0, 0.05) is 12.7 Å². The average molecular weight is 406 g/mol. The van der Waals surface area contributed by atoms with Crippen LogP contribution in [0.5, 0.6) is 0 Å². The number of carbonyl (C=O) groups excluding carboxylic acids is 1. The van der Waals surface area contributed by atoms with Crippen molar-refractivity contribution >= 4 is 34.1 Å². The van der Waals surface area contributed by atoms with Gasteiger partial charge in [0.25, 0.3) is 0 Å². The highest BCUT2D eigenvalue weighted by Crippen LogP contribution is 2.28. The lowest BCUT2D eigenvalue weighted by Gasteiger charge is -2.12. The fourth-order valence-corrected chi connectivity index (χ4v) is 3.83. The summed E-state index contributed by atoms with van der Waals surface area (Å²) in [6, 6.07) is 20.2. The SMILES string of the molecule is C[C@H](Sc1nnc(-c2ccccc2F)n1C)C(=O)Nc1ccc2ccccc2c1. The number of amides is 1. The van der Waals surface area contributed by atoms with E-state index in [4.69, 9.17) is 0 Å². The van der Waals surface area contributed by atoms with E-state index in [1.165, 1.54) is 17.8 Å². The van der Waals surface area contributed by atoms with Gasteiger partial charge in [0.05, 0.1) is 10.8 Å². The molecule has 0 bridgehead atoms. The molecule has 1 aromatic heterocycles. The van der Waals surface area contributed by atoms with Gasteiger partial charge in [-0.2, -0.15) is 0 Å². The quantitative estimate of drug-likeness (QED) is 0.479. The summed E-state index contributed by atoms with van der Waals surface area (Å²) in [6.45, 7) is 1.80. The van der Waals surface area contributed by atoms with Crippen LogP contribution in [0.4, 0.5) is 10.1 Å². The molecule has 0 saturated carbocycles. The van der Waals surface area contributed by atoms with Gasteiger partial charge in [-0.1, -0.05) is 54.2 Å². The zero-order chi connectivity index (χ0) is 20.4. The zero-order valence-corrected chi connectivity index (χ0v) is 16.8. The summed E-state index contributed by atoms with van der Waals surface area (Å²) in [4.78, 5) is 12.6. The monoisotopic (exact) mass is 406 g/mol. The average Bonchev–Trinajstić information content (AvgIpc) is 3.08. The number of hydrogen-bond acceptors (Lipinski definition) is 4. The molecule has 0 radical (unpaired) electrons. The Kier molecular flexibility index (Phi) is 5.31. The highest BCUT2D eigenvalue weighted by molar-refractivity contribution is 8.00. The molecule has 3 aromatic carbocycles. The summed E-state index contributed by atoms with van der Waals surface area (Å²) in [5, 5.41) is 13.5. The van der Waals surface area contributed by atoms with Crippen molar-refractivity contribution in [2.24, 2.45) is 7.05 Å². The first kappa shape index (κ1) is 19.1. The number of rotatable bonds is 5. The molecular formula is C22H19FN4OS. The second-order valence-corrected chi connectivity index (χ2v) is 7.96. The molecule has 5 nitrogen and oxygen atoms in total. The van der Waals surface area contributed by atoms with Crippen LogP contribution < -0.4 is 5.32 Å². The number of nitrogens with zero attached hydrogens (tertiary/aromatic N) is 3. The van der Waals surface area contributed by atoms with Crippen molar-refractivity contribution in [3.05, 3.63) is 72.5 Å². The lowest BCUT2D eigenvalue weighted by molar-refractivity contribution is -0.115. The van der Waals surface area contributed by atoms with Crippen molar-refractivity contribution in [3.63, 3.8) is 0 Å². The molecule has 0 unspecified atom stereocenters. The summed E-state index contributed by atoms with van der Waals surface area (Å²) >= 11 is 1.28. The van der Waals surface area contributed by atoms with E-state index in [1.54, 1.807) is 36.7 Å². The number of hydrogen-bond donors (Lipinski definition) is 1. The Morgan fingerprint density at radius 2 is 1.76 bits per heavy atom. The lowest BCUT2D eigenvalue weighted by atomic mass is 10.1. The number of halogens is 1. The predicted molar refractivity (Wildman–Crippen MR) is 114 cm³/mol. The summed E-state index contributed by atoms with van der Waals surface area (Å²) in [7, 11) is 1.76. The van der Waals surface area contributed by atoms with Crippen molar-refractivity contribution in [1.29, 1.82) is 0 Å². The van der Waals surface area contributed by atoms with E-state index >= 15 is 0 Å². The molecule has 4 aromatic rings. The van der Waals surface area contributed by atoms with Crippen molar-refractivity contribution in [2.75, 3.05) is 5.32 Å². The first-order valence-corrected chi connectivity index (χ1v) is 10.0. The predicted octanol–water partition coefficient (Wildman–Crippen LogP) is 4.89. The molecule has 1 heterocycles. The molecule has 1 amide bonds. The summed E-state index contributed by atoms with van der Waals surface area (Å²) in [5.74, 6) is -0.0740. The standard InChI is InChI=1S/C22H19FN4OS/c1-14(21(28)24-17-12-11-15-7-3-4-8-16(15)13-17)29-22-26-25-20(27(22)2)18-9-5-6-10-19(18)23/h3-14H,1-2H3,(H,24,28)/t14-/m0/s1. The van der Waals surface area contributed by atoms with Crippen LogP contribution in [0.15, 0.2) is 71.9 Å². The largest absolute Gasteiger partial charge is 0.325 e. The topological polar surface area (TPSA) is 59.8 Å². The molecule has 4 rings (SSSR count). The minimum absolute atomic E-state index is 0.138. The number of carbonyl (C=O) groups is 1. The van der Waals surface area contributed by atoms with E-state index in [-0.39, 0.29) is 11.7 Å². The Bertz CT molecular complexity index is 1190. The number of benzene rings is 3. The van der Waals surface area contributed by atoms with Crippen LogP contribution >= 0.6 is 11.8 Å². The fourth-order valence-electron chi connectivity index (χ4n) is 3.02. The third-order valence-electron chi connectivity index (χ3n) is 4.62. The van der Waals surface area contributed by atoms with Crippen molar-refractivity contribution in [3.8, 4) is 11.4 Å². The van der Waals surface area contributed by atoms with E-state index in [2.05, 4.69) is 15.5 Å². The molecule has 0 fully saturated rings. The van der Waals surface area contributed by atoms with E-state index in [9.17, 15) is 9.18 Å². The van der Waals surface area contributed by atoms with Crippen LogP contribution in [0.2, 0.25) is 0 Å². The minimum Gasteiger partial charge on any atom is -0.325 e. The van der Waals surface area contributed by atoms with E-state index in [1.807, 2.05) is 42.5 Å². The lowest BCUT2D eigenvalue weighted by Crippen LogP contribution is -2.22. The van der Waals surface area contributed by atoms with Gasteiger partial charge < -0.3 is 9.88 Å². The number of thioether (sulfide) groups is 1. The molecule has 0 aliphatic carbocycles. The fraction of sp³-hybridized carbons (Fsp3) is 0.136. The molecule has 0 aliphatic rings. The third kappa shape index (κ3) is 4.00. The van der Waals surface area contributed by atoms with E-state index in [0.29, 0.717) is 16.5 Å². The van der Waals surface area contributed by atoms with Crippen molar-refractivity contribution in [2.45, 2.75) is 17.3 Å². The third-order valence-corrected chi connectivity index (χ3v) is 5.75. The minimum atomic E-state index is -0.405. The zero-order valence-electron chi connectivity index (χ0n) is 16.0. The highest BCUT2D eigenvalue weighted by Gasteiger charge is 2.20. The molecular weight excluding hydrogens is 387 g/mol. The molecule has 29 heavy (non-hydrogen) atoms. The molecule has 0 saturated heterocycles. The second-order valence-electron chi connectivity index (χ2n) is 6.66. The van der Waals surface area contributed by atoms with Gasteiger partial charge in [-0.25, -0.2) is 4.39 Å². The van der Waals surface area contributed by atoms with Crippen LogP contribution in [-0.4, -0.2) is 25.9 Å². The van der Waals surface area contributed by atoms with Gasteiger partial charge in [0.2, 0.25) is 5.91 Å². The first-order valence-electron chi connectivity index (χ1n) is 9.13. The van der Waals surface area contributed by atoms with Crippen LogP contribution in [0, 0.1) is 5.82 Å². The molecule has 1 atom stereocenters. The number of fused-ring (bicyclic) bond motifs is 1. The Labute approximate surface area is 172 Å². The molecule has 0 aliphatic heterocycles. The number of nitrogens with one attached hydrogen (secondary N) is 1. The number of anilines is 1. The van der Waals surface area contributed by atoms with Gasteiger partial charge in [0.15, 0.2) is 11.0 Å². The van der Waals surface area contributed by atoms with Crippen molar-refractivity contribution < 1.29 is 9.18 Å². The van der Waals surface area contributed by atoms with Crippen LogP contribution in [0.25, 0.3) is 22.2 Å². The Balaban J connectivity index is 1.48. The summed E-state index contributed by atoms with van der Waals surface area (Å²) in [5.41, 5.74) is 1.12. The molecule has 146 valence electrons. The van der Waals surface area contributed by atoms with E-state index in [0.717, 1.165) is 16.5 Å². The Morgan fingerprint density at radius 1 is 1.03 bits per heavy atom. The van der Waals surface area contributed by atoms with Gasteiger partial charge in [-0.15, -0.1) is 10.2 Å². The van der Waals surface area contributed by atoms with Gasteiger partial charge in [0.1, 0.15) is 5.82 Å². The Morgan fingerprint density at radius 3 is 2.55 bits per heavy atom. The molecule has 1 N–H and O–H groups in total. The maximum Gasteiger partial charge on any atom is 0.237 e. The van der Waals surface area contributed by atoms with Gasteiger partial charge >= 0.3 is 0 Å². The summed E-state index contributed by atoms with van der Waals surface area (Å²) < 4.78 is 15.8. The van der Waals surface area contributed by atoms with Gasteiger partial charge in [-0.05, 0) is 42.0 Å². The Hall–Kier alpha value is -3.19. The normalized spacial score (nSPS) is 12.1. The van der Waals surface area contributed by atoms with Crippen LogP contribution in [0.3, 0.4) is 0 Å². The maximum absolute atomic E-state index is 14.1. The first-order chi connectivity index (χ1) is 14.0. The second kappa shape index (κ2) is 8.05. The number of aromatic nitrogens is 3. The van der Waals surface area contributed by atoms with Crippen molar-refractivity contribution in [1.82, 2.24) is 14.8 Å².